The van der Waals surface area contributed by atoms with Gasteiger partial charge in [0.25, 0.3) is 0 Å². The lowest BCUT2D eigenvalue weighted by Gasteiger charge is -2.09. The van der Waals surface area contributed by atoms with Crippen molar-refractivity contribution in [3.8, 4) is 0 Å². The van der Waals surface area contributed by atoms with Crippen LogP contribution in [0.15, 0.2) is 12.4 Å². The van der Waals surface area contributed by atoms with Crippen molar-refractivity contribution < 1.29 is 4.79 Å². The van der Waals surface area contributed by atoms with E-state index in [-0.39, 0.29) is 5.91 Å². The lowest BCUT2D eigenvalue weighted by Crippen LogP contribution is -2.27. The fraction of sp³-hybridized carbons (Fsp3) is 0.692. The molecule has 100 valence electrons. The number of hydrogen-bond acceptors (Lipinski definition) is 3. The molecule has 2 heterocycles. The molecular formula is C13H22N4O. The summed E-state index contributed by atoms with van der Waals surface area (Å²) in [6, 6.07) is 0. The second-order valence-corrected chi connectivity index (χ2v) is 4.92. The molecule has 0 saturated carbocycles. The van der Waals surface area contributed by atoms with E-state index in [0.717, 1.165) is 31.9 Å². The number of nitrogens with zero attached hydrogens (tertiary/aromatic N) is 2. The van der Waals surface area contributed by atoms with Crippen LogP contribution in [0.2, 0.25) is 0 Å². The highest BCUT2D eigenvalue weighted by Crippen LogP contribution is 2.13. The highest BCUT2D eigenvalue weighted by molar-refractivity contribution is 5.75. The summed E-state index contributed by atoms with van der Waals surface area (Å²) in [5.41, 5.74) is 0. The molecule has 0 bridgehead atoms. The van der Waals surface area contributed by atoms with E-state index in [2.05, 4.69) is 15.6 Å². The zero-order valence-corrected chi connectivity index (χ0v) is 11.0. The van der Waals surface area contributed by atoms with E-state index in [1.54, 1.807) is 6.20 Å². The molecule has 0 spiro atoms. The van der Waals surface area contributed by atoms with Crippen molar-refractivity contribution in [2.45, 2.75) is 32.7 Å². The maximum atomic E-state index is 11.7. The number of aryl methyl sites for hydroxylation is 1. The predicted octanol–water partition coefficient (Wildman–Crippen LogP) is 0.697. The van der Waals surface area contributed by atoms with E-state index in [1.807, 2.05) is 17.7 Å². The molecule has 1 saturated heterocycles. The maximum absolute atomic E-state index is 11.7. The molecule has 1 aromatic rings. The molecule has 1 atom stereocenters. The van der Waals surface area contributed by atoms with Crippen LogP contribution in [-0.4, -0.2) is 35.1 Å². The van der Waals surface area contributed by atoms with E-state index in [0.29, 0.717) is 18.9 Å². The molecule has 18 heavy (non-hydrogen) atoms. The summed E-state index contributed by atoms with van der Waals surface area (Å²) in [6.45, 7) is 5.62. The molecule has 0 aromatic carbocycles. The quantitative estimate of drug-likeness (QED) is 0.781. The number of imidazole rings is 1. The Morgan fingerprint density at radius 2 is 2.56 bits per heavy atom. The Morgan fingerprint density at radius 3 is 3.22 bits per heavy atom. The molecule has 0 radical (unpaired) electrons. The summed E-state index contributed by atoms with van der Waals surface area (Å²) in [6.07, 6.45) is 6.58. The van der Waals surface area contributed by atoms with Gasteiger partial charge in [0, 0.05) is 31.9 Å². The largest absolute Gasteiger partial charge is 0.354 e. The molecule has 0 aliphatic carbocycles. The van der Waals surface area contributed by atoms with Gasteiger partial charge < -0.3 is 15.2 Å². The molecule has 1 fully saturated rings. The van der Waals surface area contributed by atoms with Crippen molar-refractivity contribution in [2.75, 3.05) is 19.6 Å². The number of nitrogens with one attached hydrogen (secondary N) is 2. The zero-order chi connectivity index (χ0) is 12.8. The van der Waals surface area contributed by atoms with Crippen LogP contribution < -0.4 is 10.6 Å². The zero-order valence-electron chi connectivity index (χ0n) is 11.0. The smallest absolute Gasteiger partial charge is 0.220 e. The van der Waals surface area contributed by atoms with Gasteiger partial charge in [-0.15, -0.1) is 0 Å². The Hall–Kier alpha value is -1.36. The Labute approximate surface area is 108 Å². The Morgan fingerprint density at radius 1 is 1.67 bits per heavy atom. The minimum Gasteiger partial charge on any atom is -0.354 e. The first-order valence-electron chi connectivity index (χ1n) is 6.71. The van der Waals surface area contributed by atoms with Gasteiger partial charge in [0.2, 0.25) is 5.91 Å². The maximum Gasteiger partial charge on any atom is 0.220 e. The lowest BCUT2D eigenvalue weighted by molar-refractivity contribution is -0.121. The van der Waals surface area contributed by atoms with Crippen molar-refractivity contribution in [1.29, 1.82) is 0 Å². The number of aromatic nitrogens is 2. The molecule has 1 amide bonds. The number of carbonyl (C=O) groups is 1. The molecular weight excluding hydrogens is 228 g/mol. The van der Waals surface area contributed by atoms with E-state index in [4.69, 9.17) is 0 Å². The topological polar surface area (TPSA) is 59.0 Å². The minimum absolute atomic E-state index is 0.166. The lowest BCUT2D eigenvalue weighted by atomic mass is 10.0. The molecule has 1 aliphatic heterocycles. The summed E-state index contributed by atoms with van der Waals surface area (Å²) in [7, 11) is 0. The average molecular weight is 250 g/mol. The van der Waals surface area contributed by atoms with Crippen LogP contribution in [0.3, 0.4) is 0 Å². The van der Waals surface area contributed by atoms with Crippen LogP contribution in [0.1, 0.15) is 25.1 Å². The SMILES string of the molecule is Cc1nccn1CCNC(=O)CCC1CCNC1. The van der Waals surface area contributed by atoms with Gasteiger partial charge in [-0.3, -0.25) is 4.79 Å². The van der Waals surface area contributed by atoms with Crippen LogP contribution in [0.4, 0.5) is 0 Å². The van der Waals surface area contributed by atoms with Crippen molar-refractivity contribution in [3.05, 3.63) is 18.2 Å². The van der Waals surface area contributed by atoms with E-state index in [1.165, 1.54) is 6.42 Å². The Kier molecular flexibility index (Phi) is 4.75. The number of hydrogen-bond donors (Lipinski definition) is 2. The molecule has 1 aromatic heterocycles. The number of carbonyl (C=O) groups excluding carboxylic acids is 1. The number of amides is 1. The van der Waals surface area contributed by atoms with Crippen LogP contribution in [-0.2, 0) is 11.3 Å². The highest BCUT2D eigenvalue weighted by atomic mass is 16.1. The predicted molar refractivity (Wildman–Crippen MR) is 70.2 cm³/mol. The molecule has 2 N–H and O–H groups in total. The summed E-state index contributed by atoms with van der Waals surface area (Å²) in [4.78, 5) is 15.8. The van der Waals surface area contributed by atoms with Gasteiger partial charge in [-0.25, -0.2) is 4.98 Å². The van der Waals surface area contributed by atoms with Crippen LogP contribution in [0.5, 0.6) is 0 Å². The first-order chi connectivity index (χ1) is 8.75. The van der Waals surface area contributed by atoms with Crippen molar-refractivity contribution in [3.63, 3.8) is 0 Å². The summed E-state index contributed by atoms with van der Waals surface area (Å²) in [5, 5.41) is 6.29. The molecule has 1 aliphatic rings. The normalized spacial score (nSPS) is 19.1. The second-order valence-electron chi connectivity index (χ2n) is 4.92. The first kappa shape index (κ1) is 13.1. The summed E-state index contributed by atoms with van der Waals surface area (Å²) < 4.78 is 2.04. The fourth-order valence-corrected chi connectivity index (χ4v) is 2.34. The van der Waals surface area contributed by atoms with Gasteiger partial charge in [0.05, 0.1) is 0 Å². The van der Waals surface area contributed by atoms with Gasteiger partial charge >= 0.3 is 0 Å². The minimum atomic E-state index is 0.166. The molecule has 1 unspecified atom stereocenters. The van der Waals surface area contributed by atoms with Gasteiger partial charge in [-0.05, 0) is 38.8 Å². The molecule has 5 heteroatoms. The Balaban J connectivity index is 1.58. The van der Waals surface area contributed by atoms with Crippen molar-refractivity contribution in [2.24, 2.45) is 5.92 Å². The van der Waals surface area contributed by atoms with E-state index < -0.39 is 0 Å². The van der Waals surface area contributed by atoms with Crippen LogP contribution in [0.25, 0.3) is 0 Å². The third kappa shape index (κ3) is 3.84. The summed E-state index contributed by atoms with van der Waals surface area (Å²) >= 11 is 0. The van der Waals surface area contributed by atoms with Gasteiger partial charge in [-0.1, -0.05) is 0 Å². The Bertz CT molecular complexity index is 382. The third-order valence-corrected chi connectivity index (χ3v) is 3.54. The monoisotopic (exact) mass is 250 g/mol. The van der Waals surface area contributed by atoms with Crippen molar-refractivity contribution >= 4 is 5.91 Å². The second kappa shape index (κ2) is 6.54. The number of rotatable bonds is 6. The van der Waals surface area contributed by atoms with Crippen LogP contribution in [0, 0.1) is 12.8 Å². The highest BCUT2D eigenvalue weighted by Gasteiger charge is 2.15. The van der Waals surface area contributed by atoms with Gasteiger partial charge in [0.15, 0.2) is 0 Å². The van der Waals surface area contributed by atoms with E-state index in [9.17, 15) is 4.79 Å². The molecule has 2 rings (SSSR count). The third-order valence-electron chi connectivity index (χ3n) is 3.54. The first-order valence-corrected chi connectivity index (χ1v) is 6.71. The van der Waals surface area contributed by atoms with E-state index >= 15 is 0 Å². The summed E-state index contributed by atoms with van der Waals surface area (Å²) in [5.74, 6) is 1.84. The fourth-order valence-electron chi connectivity index (χ4n) is 2.34. The van der Waals surface area contributed by atoms with Gasteiger partial charge in [-0.2, -0.15) is 0 Å². The van der Waals surface area contributed by atoms with Gasteiger partial charge in [0.1, 0.15) is 5.82 Å². The average Bonchev–Trinajstić information content (AvgIpc) is 2.99. The van der Waals surface area contributed by atoms with Crippen LogP contribution >= 0.6 is 0 Å². The molecule has 5 nitrogen and oxygen atoms in total. The van der Waals surface area contributed by atoms with Crippen molar-refractivity contribution in [1.82, 2.24) is 20.2 Å². The standard InChI is InChI=1S/C13H22N4O/c1-11-15-6-8-17(11)9-7-16-13(18)3-2-12-4-5-14-10-12/h6,8,12,14H,2-5,7,9-10H2,1H3,(H,16,18).